The standard InChI is InChI=1S/C24H28N6O/c1-16-11-17(2)28-24(27-16)29-21-12-18(3)26-22(13-21)19-7-6-10-30(15-19)23(31)14-20-8-4-5-9-25-20/h4-5,8-9,11-13,19H,6-7,10,14-15H2,1-3H3,(H,26,27,28,29)/t19-/m0/s1. The van der Waals surface area contributed by atoms with Crippen LogP contribution < -0.4 is 5.32 Å². The van der Waals surface area contributed by atoms with Gasteiger partial charge < -0.3 is 10.2 Å². The van der Waals surface area contributed by atoms with Crippen LogP contribution in [-0.4, -0.2) is 43.8 Å². The predicted octanol–water partition coefficient (Wildman–Crippen LogP) is 3.88. The van der Waals surface area contributed by atoms with Crippen molar-refractivity contribution in [3.05, 3.63) is 71.1 Å². The summed E-state index contributed by atoms with van der Waals surface area (Å²) in [6.45, 7) is 7.38. The van der Waals surface area contributed by atoms with Gasteiger partial charge in [0.15, 0.2) is 0 Å². The average molecular weight is 417 g/mol. The minimum atomic E-state index is 0.123. The second kappa shape index (κ2) is 9.20. The number of aromatic nitrogens is 4. The molecule has 1 atom stereocenters. The molecule has 0 aliphatic carbocycles. The molecule has 3 aromatic rings. The summed E-state index contributed by atoms with van der Waals surface area (Å²) in [4.78, 5) is 32.8. The van der Waals surface area contributed by atoms with Crippen molar-refractivity contribution in [2.75, 3.05) is 18.4 Å². The third kappa shape index (κ3) is 5.42. The van der Waals surface area contributed by atoms with Gasteiger partial charge in [0.2, 0.25) is 11.9 Å². The van der Waals surface area contributed by atoms with Gasteiger partial charge in [-0.3, -0.25) is 14.8 Å². The van der Waals surface area contributed by atoms with Crippen molar-refractivity contribution in [3.63, 3.8) is 0 Å². The minimum absolute atomic E-state index is 0.123. The summed E-state index contributed by atoms with van der Waals surface area (Å²) in [6, 6.07) is 11.7. The highest BCUT2D eigenvalue weighted by atomic mass is 16.2. The molecule has 4 heterocycles. The van der Waals surface area contributed by atoms with Crippen molar-refractivity contribution in [3.8, 4) is 0 Å². The van der Waals surface area contributed by atoms with E-state index in [0.717, 1.165) is 53.5 Å². The lowest BCUT2D eigenvalue weighted by Gasteiger charge is -2.33. The number of carbonyl (C=O) groups excluding carboxylic acids is 1. The van der Waals surface area contributed by atoms with Crippen molar-refractivity contribution in [1.82, 2.24) is 24.8 Å². The minimum Gasteiger partial charge on any atom is -0.342 e. The summed E-state index contributed by atoms with van der Waals surface area (Å²) >= 11 is 0. The number of pyridine rings is 2. The Bertz CT molecular complexity index is 1050. The van der Waals surface area contributed by atoms with E-state index in [9.17, 15) is 4.79 Å². The van der Waals surface area contributed by atoms with Crippen LogP contribution in [0.5, 0.6) is 0 Å². The van der Waals surface area contributed by atoms with Crippen LogP contribution in [0, 0.1) is 20.8 Å². The number of hydrogen-bond acceptors (Lipinski definition) is 6. The summed E-state index contributed by atoms with van der Waals surface area (Å²) in [6.07, 6.45) is 4.05. The highest BCUT2D eigenvalue weighted by Gasteiger charge is 2.26. The van der Waals surface area contributed by atoms with Crippen LogP contribution in [0.1, 0.15) is 47.2 Å². The Balaban J connectivity index is 1.48. The van der Waals surface area contributed by atoms with Gasteiger partial charge in [-0.15, -0.1) is 0 Å². The third-order valence-electron chi connectivity index (χ3n) is 5.46. The Morgan fingerprint density at radius 3 is 2.58 bits per heavy atom. The molecule has 0 unspecified atom stereocenters. The number of anilines is 2. The first-order valence-electron chi connectivity index (χ1n) is 10.7. The number of carbonyl (C=O) groups is 1. The maximum absolute atomic E-state index is 12.8. The number of hydrogen-bond donors (Lipinski definition) is 1. The van der Waals surface area contributed by atoms with Gasteiger partial charge in [-0.05, 0) is 63.9 Å². The summed E-state index contributed by atoms with van der Waals surface area (Å²) in [7, 11) is 0. The van der Waals surface area contributed by atoms with E-state index in [1.165, 1.54) is 0 Å². The first-order chi connectivity index (χ1) is 15.0. The number of nitrogens with zero attached hydrogens (tertiary/aromatic N) is 5. The van der Waals surface area contributed by atoms with E-state index in [4.69, 9.17) is 4.98 Å². The fourth-order valence-electron chi connectivity index (χ4n) is 4.10. The normalized spacial score (nSPS) is 16.2. The summed E-state index contributed by atoms with van der Waals surface area (Å²) in [5, 5.41) is 3.32. The number of amides is 1. The van der Waals surface area contributed by atoms with Crippen molar-refractivity contribution in [1.29, 1.82) is 0 Å². The molecule has 0 bridgehead atoms. The van der Waals surface area contributed by atoms with E-state index in [0.29, 0.717) is 18.9 Å². The zero-order valence-corrected chi connectivity index (χ0v) is 18.3. The largest absolute Gasteiger partial charge is 0.342 e. The molecule has 160 valence electrons. The maximum Gasteiger partial charge on any atom is 0.228 e. The molecule has 31 heavy (non-hydrogen) atoms. The fraction of sp³-hybridized carbons (Fsp3) is 0.375. The van der Waals surface area contributed by atoms with Crippen molar-refractivity contribution in [2.24, 2.45) is 0 Å². The third-order valence-corrected chi connectivity index (χ3v) is 5.46. The number of aryl methyl sites for hydroxylation is 3. The van der Waals surface area contributed by atoms with Gasteiger partial charge in [0.25, 0.3) is 0 Å². The Morgan fingerprint density at radius 2 is 1.84 bits per heavy atom. The molecule has 1 aliphatic heterocycles. The molecule has 4 rings (SSSR count). The molecule has 1 amide bonds. The van der Waals surface area contributed by atoms with E-state index in [2.05, 4.69) is 26.3 Å². The molecule has 1 saturated heterocycles. The Kier molecular flexibility index (Phi) is 6.21. The monoisotopic (exact) mass is 416 g/mol. The number of rotatable bonds is 5. The molecule has 1 aliphatic rings. The number of piperidine rings is 1. The lowest BCUT2D eigenvalue weighted by Crippen LogP contribution is -2.40. The van der Waals surface area contributed by atoms with Gasteiger partial charge in [0, 0.05) is 59.4 Å². The van der Waals surface area contributed by atoms with Crippen molar-refractivity contribution >= 4 is 17.5 Å². The maximum atomic E-state index is 12.8. The van der Waals surface area contributed by atoms with Crippen molar-refractivity contribution in [2.45, 2.75) is 46.0 Å². The van der Waals surface area contributed by atoms with Gasteiger partial charge in [0.05, 0.1) is 6.42 Å². The molecule has 0 saturated carbocycles. The summed E-state index contributed by atoms with van der Waals surface area (Å²) in [5.41, 5.74) is 5.52. The molecule has 0 spiro atoms. The van der Waals surface area contributed by atoms with Gasteiger partial charge in [-0.1, -0.05) is 6.07 Å². The highest BCUT2D eigenvalue weighted by molar-refractivity contribution is 5.78. The number of nitrogens with one attached hydrogen (secondary N) is 1. The van der Waals surface area contributed by atoms with Crippen molar-refractivity contribution < 1.29 is 4.79 Å². The fourth-order valence-corrected chi connectivity index (χ4v) is 4.10. The van der Waals surface area contributed by atoms with E-state index in [1.54, 1.807) is 6.20 Å². The second-order valence-electron chi connectivity index (χ2n) is 8.20. The van der Waals surface area contributed by atoms with E-state index in [1.807, 2.05) is 56.0 Å². The first kappa shape index (κ1) is 20.9. The molecule has 7 nitrogen and oxygen atoms in total. The quantitative estimate of drug-likeness (QED) is 0.679. The Labute approximate surface area is 183 Å². The van der Waals surface area contributed by atoms with Crippen LogP contribution in [0.2, 0.25) is 0 Å². The molecule has 0 aromatic carbocycles. The lowest BCUT2D eigenvalue weighted by atomic mass is 9.93. The lowest BCUT2D eigenvalue weighted by molar-refractivity contribution is -0.131. The smallest absolute Gasteiger partial charge is 0.228 e. The molecule has 7 heteroatoms. The molecule has 1 N–H and O–H groups in total. The number of likely N-dealkylation sites (tertiary alicyclic amines) is 1. The molecule has 0 radical (unpaired) electrons. The molecular formula is C24H28N6O. The highest BCUT2D eigenvalue weighted by Crippen LogP contribution is 2.28. The zero-order chi connectivity index (χ0) is 21.8. The van der Waals surface area contributed by atoms with Crippen LogP contribution >= 0.6 is 0 Å². The van der Waals surface area contributed by atoms with Crippen LogP contribution in [0.25, 0.3) is 0 Å². The Morgan fingerprint density at radius 1 is 1.06 bits per heavy atom. The van der Waals surface area contributed by atoms with Crippen LogP contribution in [0.3, 0.4) is 0 Å². The van der Waals surface area contributed by atoms with E-state index < -0.39 is 0 Å². The van der Waals surface area contributed by atoms with Crippen LogP contribution in [0.4, 0.5) is 11.6 Å². The topological polar surface area (TPSA) is 83.9 Å². The molecule has 1 fully saturated rings. The van der Waals surface area contributed by atoms with Crippen LogP contribution in [-0.2, 0) is 11.2 Å². The predicted molar refractivity (Wildman–Crippen MR) is 120 cm³/mol. The zero-order valence-electron chi connectivity index (χ0n) is 18.3. The molecule has 3 aromatic heterocycles. The first-order valence-corrected chi connectivity index (χ1v) is 10.7. The van der Waals surface area contributed by atoms with Gasteiger partial charge in [0.1, 0.15) is 0 Å². The van der Waals surface area contributed by atoms with Gasteiger partial charge in [-0.2, -0.15) is 0 Å². The Hall–Kier alpha value is -3.35. The summed E-state index contributed by atoms with van der Waals surface area (Å²) in [5.74, 6) is 0.921. The molecular weight excluding hydrogens is 388 g/mol. The van der Waals surface area contributed by atoms with E-state index >= 15 is 0 Å². The van der Waals surface area contributed by atoms with Crippen LogP contribution in [0.15, 0.2) is 42.6 Å². The SMILES string of the molecule is Cc1cc(Nc2nc(C)cc(C)n2)cc([C@H]2CCCN(C(=O)Cc3ccccn3)C2)n1. The van der Waals surface area contributed by atoms with E-state index in [-0.39, 0.29) is 11.8 Å². The second-order valence-corrected chi connectivity index (χ2v) is 8.20. The average Bonchev–Trinajstić information content (AvgIpc) is 2.73. The van der Waals surface area contributed by atoms with Gasteiger partial charge in [-0.25, -0.2) is 9.97 Å². The summed E-state index contributed by atoms with van der Waals surface area (Å²) < 4.78 is 0. The van der Waals surface area contributed by atoms with Gasteiger partial charge >= 0.3 is 0 Å².